The van der Waals surface area contributed by atoms with E-state index in [1.165, 1.54) is 0 Å². The summed E-state index contributed by atoms with van der Waals surface area (Å²) < 4.78 is 1.66. The van der Waals surface area contributed by atoms with E-state index in [9.17, 15) is 9.90 Å². The zero-order valence-electron chi connectivity index (χ0n) is 13.1. The van der Waals surface area contributed by atoms with E-state index in [1.807, 2.05) is 38.1 Å². The Morgan fingerprint density at radius 2 is 1.86 bits per heavy atom. The summed E-state index contributed by atoms with van der Waals surface area (Å²) in [6, 6.07) is 7.90. The van der Waals surface area contributed by atoms with E-state index in [4.69, 9.17) is 0 Å². The minimum atomic E-state index is -1.04. The van der Waals surface area contributed by atoms with Crippen LogP contribution in [-0.2, 0) is 5.41 Å². The molecule has 1 heterocycles. The van der Waals surface area contributed by atoms with Crippen LogP contribution < -0.4 is 0 Å². The minimum absolute atomic E-state index is 0.0131. The van der Waals surface area contributed by atoms with Crippen molar-refractivity contribution in [3.05, 3.63) is 41.2 Å². The van der Waals surface area contributed by atoms with Crippen molar-refractivity contribution < 1.29 is 9.90 Å². The van der Waals surface area contributed by atoms with Gasteiger partial charge in [0.2, 0.25) is 0 Å². The summed E-state index contributed by atoms with van der Waals surface area (Å²) in [4.78, 5) is 11.3. The van der Waals surface area contributed by atoms with Crippen molar-refractivity contribution in [3.8, 4) is 5.69 Å². The largest absolute Gasteiger partial charge is 0.476 e. The van der Waals surface area contributed by atoms with E-state index >= 15 is 0 Å². The predicted molar refractivity (Wildman–Crippen MR) is 81.1 cm³/mol. The van der Waals surface area contributed by atoms with Crippen molar-refractivity contribution in [3.63, 3.8) is 0 Å². The molecule has 0 unspecified atom stereocenters. The van der Waals surface area contributed by atoms with Gasteiger partial charge in [0.1, 0.15) is 0 Å². The minimum Gasteiger partial charge on any atom is -0.476 e. The molecule has 0 aliphatic rings. The van der Waals surface area contributed by atoms with Crippen LogP contribution in [0.3, 0.4) is 0 Å². The fourth-order valence-electron chi connectivity index (χ4n) is 2.43. The van der Waals surface area contributed by atoms with E-state index in [0.717, 1.165) is 11.3 Å². The SMILES string of the molecule is CC(C)c1c(C(=O)O)nnn1-c1ccccc1C(C)(C)C. The molecule has 2 aromatic rings. The molecule has 112 valence electrons. The Bertz CT molecular complexity index is 666. The Balaban J connectivity index is 2.72. The first kappa shape index (κ1) is 15.2. The number of nitrogens with zero attached hydrogens (tertiary/aromatic N) is 3. The third-order valence-corrected chi connectivity index (χ3v) is 3.39. The van der Waals surface area contributed by atoms with Gasteiger partial charge in [-0.3, -0.25) is 0 Å². The maximum Gasteiger partial charge on any atom is 0.358 e. The van der Waals surface area contributed by atoms with Crippen molar-refractivity contribution in [1.29, 1.82) is 0 Å². The number of benzene rings is 1. The molecule has 1 aromatic heterocycles. The van der Waals surface area contributed by atoms with E-state index in [2.05, 4.69) is 31.1 Å². The quantitative estimate of drug-likeness (QED) is 0.939. The number of carbonyl (C=O) groups is 1. The van der Waals surface area contributed by atoms with Gasteiger partial charge in [-0.15, -0.1) is 5.10 Å². The van der Waals surface area contributed by atoms with Gasteiger partial charge in [-0.2, -0.15) is 0 Å². The topological polar surface area (TPSA) is 68.0 Å². The second kappa shape index (κ2) is 5.31. The molecule has 0 atom stereocenters. The summed E-state index contributed by atoms with van der Waals surface area (Å²) >= 11 is 0. The summed E-state index contributed by atoms with van der Waals surface area (Å²) in [5, 5.41) is 17.2. The molecule has 0 spiro atoms. The van der Waals surface area contributed by atoms with Gasteiger partial charge in [0, 0.05) is 0 Å². The highest BCUT2D eigenvalue weighted by Crippen LogP contribution is 2.30. The van der Waals surface area contributed by atoms with Crippen LogP contribution in [0.15, 0.2) is 24.3 Å². The highest BCUT2D eigenvalue weighted by Gasteiger charge is 2.25. The van der Waals surface area contributed by atoms with Gasteiger partial charge in [-0.05, 0) is 23.0 Å². The Hall–Kier alpha value is -2.17. The number of aromatic carboxylic acids is 1. The lowest BCUT2D eigenvalue weighted by Gasteiger charge is -2.23. The molecule has 0 fully saturated rings. The Kier molecular flexibility index (Phi) is 3.85. The number of para-hydroxylation sites is 1. The molecule has 1 N–H and O–H groups in total. The summed E-state index contributed by atoms with van der Waals surface area (Å²) in [6.07, 6.45) is 0. The molecule has 0 aliphatic carbocycles. The molecule has 0 amide bonds. The molecule has 0 saturated carbocycles. The molecule has 0 aliphatic heterocycles. The van der Waals surface area contributed by atoms with Crippen LogP contribution in [-0.4, -0.2) is 26.1 Å². The first-order chi connectivity index (χ1) is 9.73. The van der Waals surface area contributed by atoms with Gasteiger partial charge < -0.3 is 5.11 Å². The Morgan fingerprint density at radius 3 is 2.38 bits per heavy atom. The smallest absolute Gasteiger partial charge is 0.358 e. The second-order valence-corrected chi connectivity index (χ2v) is 6.46. The second-order valence-electron chi connectivity index (χ2n) is 6.46. The van der Waals surface area contributed by atoms with Crippen molar-refractivity contribution in [2.24, 2.45) is 0 Å². The molecular weight excluding hydrogens is 266 g/mol. The molecular formula is C16H21N3O2. The number of hydrogen-bond acceptors (Lipinski definition) is 3. The molecule has 0 saturated heterocycles. The molecule has 21 heavy (non-hydrogen) atoms. The third-order valence-electron chi connectivity index (χ3n) is 3.39. The maximum absolute atomic E-state index is 11.3. The molecule has 5 nitrogen and oxygen atoms in total. The monoisotopic (exact) mass is 287 g/mol. The number of carboxylic acid groups (broad SMARTS) is 1. The van der Waals surface area contributed by atoms with Gasteiger partial charge in [-0.25, -0.2) is 9.48 Å². The first-order valence-electron chi connectivity index (χ1n) is 7.02. The van der Waals surface area contributed by atoms with Gasteiger partial charge >= 0.3 is 5.97 Å². The molecule has 1 aromatic carbocycles. The van der Waals surface area contributed by atoms with Gasteiger partial charge in [-0.1, -0.05) is 58.0 Å². The predicted octanol–water partition coefficient (Wildman–Crippen LogP) is 3.39. The average Bonchev–Trinajstić information content (AvgIpc) is 2.82. The normalized spacial score (nSPS) is 11.9. The van der Waals surface area contributed by atoms with Crippen molar-refractivity contribution >= 4 is 5.97 Å². The van der Waals surface area contributed by atoms with Crippen LogP contribution in [0.1, 0.15) is 62.3 Å². The first-order valence-corrected chi connectivity index (χ1v) is 7.02. The summed E-state index contributed by atoms with van der Waals surface area (Å²) in [5.74, 6) is -1.03. The van der Waals surface area contributed by atoms with Crippen LogP contribution in [0, 0.1) is 0 Å². The van der Waals surface area contributed by atoms with Crippen molar-refractivity contribution in [2.75, 3.05) is 0 Å². The van der Waals surface area contributed by atoms with Crippen LogP contribution >= 0.6 is 0 Å². The number of aromatic nitrogens is 3. The third kappa shape index (κ3) is 2.82. The lowest BCUT2D eigenvalue weighted by atomic mass is 9.85. The maximum atomic E-state index is 11.3. The molecule has 0 bridgehead atoms. The fourth-order valence-corrected chi connectivity index (χ4v) is 2.43. The average molecular weight is 287 g/mol. The summed E-state index contributed by atoms with van der Waals surface area (Å²) in [7, 11) is 0. The zero-order chi connectivity index (χ0) is 15.8. The number of hydrogen-bond donors (Lipinski definition) is 1. The molecule has 2 rings (SSSR count). The lowest BCUT2D eigenvalue weighted by Crippen LogP contribution is -2.17. The summed E-state index contributed by atoms with van der Waals surface area (Å²) in [6.45, 7) is 10.3. The highest BCUT2D eigenvalue weighted by atomic mass is 16.4. The van der Waals surface area contributed by atoms with E-state index in [1.54, 1.807) is 4.68 Å². The molecule has 5 heteroatoms. The number of rotatable bonds is 3. The van der Waals surface area contributed by atoms with E-state index in [0.29, 0.717) is 5.69 Å². The fraction of sp³-hybridized carbons (Fsp3) is 0.438. The molecule has 0 radical (unpaired) electrons. The van der Waals surface area contributed by atoms with Gasteiger partial charge in [0.15, 0.2) is 5.69 Å². The van der Waals surface area contributed by atoms with Crippen LogP contribution in [0.2, 0.25) is 0 Å². The van der Waals surface area contributed by atoms with Crippen molar-refractivity contribution in [1.82, 2.24) is 15.0 Å². The van der Waals surface area contributed by atoms with E-state index in [-0.39, 0.29) is 17.0 Å². The van der Waals surface area contributed by atoms with Crippen LogP contribution in [0.4, 0.5) is 0 Å². The summed E-state index contributed by atoms with van der Waals surface area (Å²) in [5.41, 5.74) is 2.57. The van der Waals surface area contributed by atoms with Crippen molar-refractivity contribution in [2.45, 2.75) is 46.0 Å². The lowest BCUT2D eigenvalue weighted by molar-refractivity contribution is 0.0688. The Morgan fingerprint density at radius 1 is 1.24 bits per heavy atom. The van der Waals surface area contributed by atoms with Gasteiger partial charge in [0.25, 0.3) is 0 Å². The Labute approximate surface area is 124 Å². The highest BCUT2D eigenvalue weighted by molar-refractivity contribution is 5.86. The number of carboxylic acids is 1. The van der Waals surface area contributed by atoms with Crippen LogP contribution in [0.5, 0.6) is 0 Å². The van der Waals surface area contributed by atoms with Gasteiger partial charge in [0.05, 0.1) is 11.4 Å². The zero-order valence-corrected chi connectivity index (χ0v) is 13.1. The standard InChI is InChI=1S/C16H21N3O2/c1-10(2)14-13(15(20)21)17-18-19(14)12-9-7-6-8-11(12)16(3,4)5/h6-10H,1-5H3,(H,20,21). The van der Waals surface area contributed by atoms with Crippen LogP contribution in [0.25, 0.3) is 5.69 Å². The van der Waals surface area contributed by atoms with E-state index < -0.39 is 5.97 Å².